The third kappa shape index (κ3) is 7.27. The highest BCUT2D eigenvalue weighted by atomic mass is 14.9. The molecule has 0 saturated carbocycles. The fourth-order valence-corrected chi connectivity index (χ4v) is 2.70. The van der Waals surface area contributed by atoms with Gasteiger partial charge in [0.2, 0.25) is 0 Å². The number of hydrogen-bond acceptors (Lipinski definition) is 1. The predicted molar refractivity (Wildman–Crippen MR) is 72.9 cm³/mol. The van der Waals surface area contributed by atoms with Gasteiger partial charge >= 0.3 is 0 Å². The topological polar surface area (TPSA) is 12.0 Å². The highest BCUT2D eigenvalue weighted by molar-refractivity contribution is 4.71. The lowest BCUT2D eigenvalue weighted by Crippen LogP contribution is -2.33. The minimum Gasteiger partial charge on any atom is -0.314 e. The fourth-order valence-electron chi connectivity index (χ4n) is 2.70. The standard InChI is InChI=1S/C15H31N/c1-2-3-4-5-6-7-8-9-12-15-13-10-11-14-16-15/h15-16H,2-14H2,1H3. The molecule has 16 heavy (non-hydrogen) atoms. The Balaban J connectivity index is 1.77. The van der Waals surface area contributed by atoms with Gasteiger partial charge in [0, 0.05) is 6.04 Å². The quantitative estimate of drug-likeness (QED) is 0.563. The predicted octanol–water partition coefficient (Wildman–Crippen LogP) is 4.66. The molecule has 0 aromatic carbocycles. The zero-order chi connectivity index (χ0) is 11.5. The molecule has 1 atom stereocenters. The van der Waals surface area contributed by atoms with Crippen molar-refractivity contribution in [1.82, 2.24) is 5.32 Å². The summed E-state index contributed by atoms with van der Waals surface area (Å²) in [6.07, 6.45) is 17.3. The van der Waals surface area contributed by atoms with Crippen LogP contribution in [0.4, 0.5) is 0 Å². The smallest absolute Gasteiger partial charge is 0.00670 e. The summed E-state index contributed by atoms with van der Waals surface area (Å²) < 4.78 is 0. The summed E-state index contributed by atoms with van der Waals surface area (Å²) in [6, 6.07) is 0.855. The minimum absolute atomic E-state index is 0.855. The fraction of sp³-hybridized carbons (Fsp3) is 1.00. The molecule has 0 radical (unpaired) electrons. The van der Waals surface area contributed by atoms with Crippen molar-refractivity contribution in [1.29, 1.82) is 0 Å². The number of rotatable bonds is 9. The molecule has 1 aliphatic heterocycles. The van der Waals surface area contributed by atoms with Crippen LogP contribution in [0.15, 0.2) is 0 Å². The molecule has 1 rings (SSSR count). The van der Waals surface area contributed by atoms with Crippen molar-refractivity contribution >= 4 is 0 Å². The summed E-state index contributed by atoms with van der Waals surface area (Å²) in [5, 5.41) is 3.64. The number of nitrogens with one attached hydrogen (secondary N) is 1. The van der Waals surface area contributed by atoms with Gasteiger partial charge < -0.3 is 5.32 Å². The molecule has 0 spiro atoms. The molecular formula is C15H31N. The van der Waals surface area contributed by atoms with Crippen LogP contribution in [-0.4, -0.2) is 12.6 Å². The summed E-state index contributed by atoms with van der Waals surface area (Å²) in [7, 11) is 0. The second-order valence-electron chi connectivity index (χ2n) is 5.41. The Morgan fingerprint density at radius 2 is 1.56 bits per heavy atom. The maximum Gasteiger partial charge on any atom is 0.00670 e. The van der Waals surface area contributed by atoms with Gasteiger partial charge in [-0.25, -0.2) is 0 Å². The van der Waals surface area contributed by atoms with Gasteiger partial charge in [-0.2, -0.15) is 0 Å². The van der Waals surface area contributed by atoms with Crippen molar-refractivity contribution in [2.45, 2.75) is 90.0 Å². The lowest BCUT2D eigenvalue weighted by Gasteiger charge is -2.23. The van der Waals surface area contributed by atoms with Gasteiger partial charge in [0.15, 0.2) is 0 Å². The van der Waals surface area contributed by atoms with E-state index in [9.17, 15) is 0 Å². The average Bonchev–Trinajstić information content (AvgIpc) is 2.34. The van der Waals surface area contributed by atoms with Crippen LogP contribution in [-0.2, 0) is 0 Å². The van der Waals surface area contributed by atoms with Gasteiger partial charge in [-0.1, -0.05) is 64.7 Å². The summed E-state index contributed by atoms with van der Waals surface area (Å²) >= 11 is 0. The Morgan fingerprint density at radius 3 is 2.19 bits per heavy atom. The van der Waals surface area contributed by atoms with Gasteiger partial charge in [0.05, 0.1) is 0 Å². The largest absolute Gasteiger partial charge is 0.314 e. The van der Waals surface area contributed by atoms with Crippen molar-refractivity contribution < 1.29 is 0 Å². The third-order valence-corrected chi connectivity index (χ3v) is 3.82. The van der Waals surface area contributed by atoms with Gasteiger partial charge in [-0.15, -0.1) is 0 Å². The van der Waals surface area contributed by atoms with E-state index in [0.29, 0.717) is 0 Å². The molecule has 0 aromatic rings. The summed E-state index contributed by atoms with van der Waals surface area (Å²) in [6.45, 7) is 3.55. The number of hydrogen-bond donors (Lipinski definition) is 1. The van der Waals surface area contributed by atoms with E-state index in [2.05, 4.69) is 12.2 Å². The van der Waals surface area contributed by atoms with E-state index < -0.39 is 0 Å². The molecule has 1 saturated heterocycles. The van der Waals surface area contributed by atoms with Gasteiger partial charge in [-0.05, 0) is 25.8 Å². The van der Waals surface area contributed by atoms with E-state index in [-0.39, 0.29) is 0 Å². The monoisotopic (exact) mass is 225 g/mol. The second-order valence-corrected chi connectivity index (χ2v) is 5.41. The van der Waals surface area contributed by atoms with E-state index in [4.69, 9.17) is 0 Å². The molecule has 1 heteroatoms. The zero-order valence-corrected chi connectivity index (χ0v) is 11.3. The lowest BCUT2D eigenvalue weighted by molar-refractivity contribution is 0.370. The minimum atomic E-state index is 0.855. The van der Waals surface area contributed by atoms with Crippen LogP contribution in [0.25, 0.3) is 0 Å². The van der Waals surface area contributed by atoms with E-state index in [1.807, 2.05) is 0 Å². The first-order chi connectivity index (χ1) is 7.93. The molecule has 0 aliphatic carbocycles. The molecule has 1 aliphatic rings. The average molecular weight is 225 g/mol. The van der Waals surface area contributed by atoms with Crippen molar-refractivity contribution in [3.63, 3.8) is 0 Å². The molecule has 1 nitrogen and oxygen atoms in total. The Labute approximate surface area is 102 Å². The second kappa shape index (κ2) is 10.1. The van der Waals surface area contributed by atoms with Gasteiger partial charge in [0.25, 0.3) is 0 Å². The van der Waals surface area contributed by atoms with Crippen LogP contribution in [0.3, 0.4) is 0 Å². The molecule has 1 N–H and O–H groups in total. The van der Waals surface area contributed by atoms with E-state index >= 15 is 0 Å². The van der Waals surface area contributed by atoms with E-state index in [1.54, 1.807) is 0 Å². The van der Waals surface area contributed by atoms with Crippen LogP contribution in [0.2, 0.25) is 0 Å². The molecule has 1 fully saturated rings. The number of unbranched alkanes of at least 4 members (excludes halogenated alkanes) is 7. The maximum atomic E-state index is 3.64. The van der Waals surface area contributed by atoms with Crippen molar-refractivity contribution in [2.24, 2.45) is 0 Å². The van der Waals surface area contributed by atoms with Crippen molar-refractivity contribution in [2.75, 3.05) is 6.54 Å². The molecule has 1 heterocycles. The Kier molecular flexibility index (Phi) is 8.88. The first-order valence-corrected chi connectivity index (χ1v) is 7.67. The SMILES string of the molecule is CCCCCCCCCCC1CCCCN1. The highest BCUT2D eigenvalue weighted by Crippen LogP contribution is 2.15. The molecule has 1 unspecified atom stereocenters. The van der Waals surface area contributed by atoms with Crippen LogP contribution in [0, 0.1) is 0 Å². The van der Waals surface area contributed by atoms with Crippen molar-refractivity contribution in [3.8, 4) is 0 Å². The molecule has 0 bridgehead atoms. The highest BCUT2D eigenvalue weighted by Gasteiger charge is 2.10. The summed E-state index contributed by atoms with van der Waals surface area (Å²) in [4.78, 5) is 0. The first-order valence-electron chi connectivity index (χ1n) is 7.67. The van der Waals surface area contributed by atoms with E-state index in [0.717, 1.165) is 6.04 Å². The van der Waals surface area contributed by atoms with Crippen molar-refractivity contribution in [3.05, 3.63) is 0 Å². The van der Waals surface area contributed by atoms with Gasteiger partial charge in [-0.3, -0.25) is 0 Å². The molecule has 96 valence electrons. The molecule has 0 amide bonds. The Hall–Kier alpha value is -0.0400. The zero-order valence-electron chi connectivity index (χ0n) is 11.3. The van der Waals surface area contributed by atoms with E-state index in [1.165, 1.54) is 83.6 Å². The van der Waals surface area contributed by atoms with Crippen LogP contribution in [0.5, 0.6) is 0 Å². The Bertz CT molecular complexity index is 138. The number of piperidine rings is 1. The Morgan fingerprint density at radius 1 is 0.875 bits per heavy atom. The molecular weight excluding hydrogens is 194 g/mol. The van der Waals surface area contributed by atoms with Gasteiger partial charge in [0.1, 0.15) is 0 Å². The van der Waals surface area contributed by atoms with Crippen LogP contribution in [0.1, 0.15) is 84.0 Å². The van der Waals surface area contributed by atoms with Crippen LogP contribution < -0.4 is 5.32 Å². The lowest BCUT2D eigenvalue weighted by atomic mass is 9.98. The normalized spacial score (nSPS) is 21.2. The van der Waals surface area contributed by atoms with Crippen LogP contribution >= 0.6 is 0 Å². The molecule has 0 aromatic heterocycles. The first kappa shape index (κ1) is 14.0. The summed E-state index contributed by atoms with van der Waals surface area (Å²) in [5.41, 5.74) is 0. The third-order valence-electron chi connectivity index (χ3n) is 3.82. The maximum absolute atomic E-state index is 3.64. The summed E-state index contributed by atoms with van der Waals surface area (Å²) in [5.74, 6) is 0.